The van der Waals surface area contributed by atoms with Crippen LogP contribution in [0.25, 0.3) is 0 Å². The molecule has 0 atom stereocenters. The predicted molar refractivity (Wildman–Crippen MR) is 143 cm³/mol. The number of anilines is 2. The van der Waals surface area contributed by atoms with E-state index < -0.39 is 5.97 Å². The molecule has 0 heterocycles. The van der Waals surface area contributed by atoms with E-state index in [2.05, 4.69) is 19.1 Å². The Bertz CT molecular complexity index is 1370. The van der Waals surface area contributed by atoms with Crippen molar-refractivity contribution in [3.8, 4) is 0 Å². The number of rotatable bonds is 8. The van der Waals surface area contributed by atoms with Crippen LogP contribution in [0, 0.1) is 0 Å². The summed E-state index contributed by atoms with van der Waals surface area (Å²) in [6.45, 7) is 2.09. The highest BCUT2D eigenvalue weighted by Gasteiger charge is 2.16. The molecule has 0 fully saturated rings. The molecular formula is C29H24ClNO3S. The molecule has 0 bridgehead atoms. The van der Waals surface area contributed by atoms with Gasteiger partial charge in [0, 0.05) is 44.4 Å². The van der Waals surface area contributed by atoms with Crippen molar-refractivity contribution in [2.75, 3.05) is 11.9 Å². The number of aryl methyl sites for hydroxylation is 1. The third-order valence-electron chi connectivity index (χ3n) is 5.69. The van der Waals surface area contributed by atoms with Gasteiger partial charge in [0.2, 0.25) is 0 Å². The average Bonchev–Trinajstić information content (AvgIpc) is 2.88. The zero-order valence-corrected chi connectivity index (χ0v) is 20.9. The second-order valence-electron chi connectivity index (χ2n) is 8.07. The smallest absolute Gasteiger partial charge is 0.335 e. The second kappa shape index (κ2) is 10.8. The molecule has 0 saturated heterocycles. The van der Waals surface area contributed by atoms with Gasteiger partial charge in [-0.2, -0.15) is 0 Å². The summed E-state index contributed by atoms with van der Waals surface area (Å²) < 4.78 is 0. The number of carboxylic acid groups (broad SMARTS) is 1. The van der Waals surface area contributed by atoms with Crippen molar-refractivity contribution in [2.24, 2.45) is 0 Å². The van der Waals surface area contributed by atoms with Crippen LogP contribution in [0.1, 0.15) is 38.8 Å². The summed E-state index contributed by atoms with van der Waals surface area (Å²) in [4.78, 5) is 28.7. The number of carbonyl (C=O) groups is 2. The first kappa shape index (κ1) is 24.6. The first-order valence-corrected chi connectivity index (χ1v) is 12.3. The van der Waals surface area contributed by atoms with Crippen LogP contribution >= 0.6 is 23.4 Å². The lowest BCUT2D eigenvalue weighted by Crippen LogP contribution is -2.10. The van der Waals surface area contributed by atoms with Crippen molar-refractivity contribution in [3.05, 3.63) is 118 Å². The molecule has 4 aromatic carbocycles. The highest BCUT2D eigenvalue weighted by molar-refractivity contribution is 7.99. The van der Waals surface area contributed by atoms with Crippen LogP contribution in [0.2, 0.25) is 5.02 Å². The van der Waals surface area contributed by atoms with Gasteiger partial charge < -0.3 is 10.0 Å². The molecule has 0 aromatic heterocycles. The third kappa shape index (κ3) is 5.94. The Kier molecular flexibility index (Phi) is 7.59. The molecule has 6 heteroatoms. The van der Waals surface area contributed by atoms with E-state index in [1.165, 1.54) is 23.4 Å². The van der Waals surface area contributed by atoms with Crippen LogP contribution in [0.4, 0.5) is 11.4 Å². The summed E-state index contributed by atoms with van der Waals surface area (Å²) in [7, 11) is 1.94. The summed E-state index contributed by atoms with van der Waals surface area (Å²) in [5.74, 6) is -1.29. The van der Waals surface area contributed by atoms with E-state index in [1.807, 2.05) is 60.5 Å². The fourth-order valence-corrected chi connectivity index (χ4v) is 4.82. The minimum absolute atomic E-state index is 0.0871. The maximum Gasteiger partial charge on any atom is 0.335 e. The monoisotopic (exact) mass is 501 g/mol. The van der Waals surface area contributed by atoms with Gasteiger partial charge >= 0.3 is 5.97 Å². The predicted octanol–water partition coefficient (Wildman–Crippen LogP) is 7.75. The average molecular weight is 502 g/mol. The number of ketones is 1. The molecule has 1 N–H and O–H groups in total. The van der Waals surface area contributed by atoms with Gasteiger partial charge in [-0.3, -0.25) is 4.79 Å². The van der Waals surface area contributed by atoms with Crippen molar-refractivity contribution in [3.63, 3.8) is 0 Å². The number of carboxylic acids is 1. The van der Waals surface area contributed by atoms with Gasteiger partial charge in [0.15, 0.2) is 5.78 Å². The Morgan fingerprint density at radius 1 is 0.800 bits per heavy atom. The highest BCUT2D eigenvalue weighted by atomic mass is 35.5. The topological polar surface area (TPSA) is 57.6 Å². The SMILES string of the molecule is CCc1cccc(Sc2cc(C(=O)O)cc(C(=O)c3ccc(N(C)c4ccc(Cl)cc4)cc3)c2)c1. The molecule has 0 amide bonds. The third-order valence-corrected chi connectivity index (χ3v) is 6.90. The second-order valence-corrected chi connectivity index (χ2v) is 9.65. The van der Waals surface area contributed by atoms with E-state index >= 15 is 0 Å². The van der Waals surface area contributed by atoms with Crippen LogP contribution in [0.3, 0.4) is 0 Å². The lowest BCUT2D eigenvalue weighted by Gasteiger charge is -2.19. The summed E-state index contributed by atoms with van der Waals surface area (Å²) in [5, 5.41) is 10.3. The van der Waals surface area contributed by atoms with Crippen LogP contribution < -0.4 is 4.90 Å². The normalized spacial score (nSPS) is 10.7. The first-order chi connectivity index (χ1) is 16.8. The van der Waals surface area contributed by atoms with E-state index in [0.717, 1.165) is 22.7 Å². The summed E-state index contributed by atoms with van der Waals surface area (Å²) in [5.41, 5.74) is 4.00. The van der Waals surface area contributed by atoms with Gasteiger partial charge in [-0.25, -0.2) is 4.79 Å². The van der Waals surface area contributed by atoms with Gasteiger partial charge in [0.25, 0.3) is 0 Å². The number of aromatic carboxylic acids is 1. The largest absolute Gasteiger partial charge is 0.478 e. The van der Waals surface area contributed by atoms with E-state index in [4.69, 9.17) is 11.6 Å². The van der Waals surface area contributed by atoms with E-state index in [1.54, 1.807) is 24.3 Å². The molecule has 4 rings (SSSR count). The number of carbonyl (C=O) groups excluding carboxylic acids is 1. The zero-order chi connectivity index (χ0) is 24.9. The molecule has 0 aliphatic carbocycles. The van der Waals surface area contributed by atoms with Gasteiger partial charge in [0.05, 0.1) is 5.56 Å². The molecule has 0 spiro atoms. The summed E-state index contributed by atoms with van der Waals surface area (Å²) >= 11 is 7.43. The zero-order valence-electron chi connectivity index (χ0n) is 19.4. The number of hydrogen-bond acceptors (Lipinski definition) is 4. The molecule has 176 valence electrons. The van der Waals surface area contributed by atoms with Gasteiger partial charge in [0.1, 0.15) is 0 Å². The summed E-state index contributed by atoms with van der Waals surface area (Å²) in [6, 6.07) is 27.7. The number of benzene rings is 4. The Morgan fingerprint density at radius 3 is 2.06 bits per heavy atom. The van der Waals surface area contributed by atoms with Crippen LogP contribution in [-0.2, 0) is 6.42 Å². The van der Waals surface area contributed by atoms with Crippen molar-refractivity contribution in [1.29, 1.82) is 0 Å². The fourth-order valence-electron chi connectivity index (χ4n) is 3.69. The van der Waals surface area contributed by atoms with Gasteiger partial charge in [-0.1, -0.05) is 42.4 Å². The van der Waals surface area contributed by atoms with Gasteiger partial charge in [-0.15, -0.1) is 0 Å². The van der Waals surface area contributed by atoms with Crippen LogP contribution in [0.5, 0.6) is 0 Å². The fraction of sp³-hybridized carbons (Fsp3) is 0.103. The molecule has 0 saturated carbocycles. The lowest BCUT2D eigenvalue weighted by atomic mass is 10.0. The van der Waals surface area contributed by atoms with Crippen molar-refractivity contribution in [1.82, 2.24) is 0 Å². The van der Waals surface area contributed by atoms with Crippen molar-refractivity contribution in [2.45, 2.75) is 23.1 Å². The minimum atomic E-state index is -1.07. The number of nitrogens with zero attached hydrogens (tertiary/aromatic N) is 1. The lowest BCUT2D eigenvalue weighted by molar-refractivity contribution is 0.0696. The molecular weight excluding hydrogens is 478 g/mol. The Balaban J connectivity index is 1.60. The Hall–Kier alpha value is -3.54. The van der Waals surface area contributed by atoms with E-state index in [0.29, 0.717) is 21.0 Å². The quantitative estimate of drug-likeness (QED) is 0.250. The van der Waals surface area contributed by atoms with E-state index in [-0.39, 0.29) is 11.3 Å². The van der Waals surface area contributed by atoms with Crippen LogP contribution in [-0.4, -0.2) is 23.9 Å². The molecule has 0 unspecified atom stereocenters. The molecule has 35 heavy (non-hydrogen) atoms. The molecule has 0 radical (unpaired) electrons. The van der Waals surface area contributed by atoms with E-state index in [9.17, 15) is 14.7 Å². The molecule has 0 aliphatic heterocycles. The first-order valence-electron chi connectivity index (χ1n) is 11.1. The number of hydrogen-bond donors (Lipinski definition) is 1. The summed E-state index contributed by atoms with van der Waals surface area (Å²) in [6.07, 6.45) is 0.913. The Labute approximate surface area is 214 Å². The van der Waals surface area contributed by atoms with Crippen LogP contribution in [0.15, 0.2) is 101 Å². The maximum atomic E-state index is 13.3. The molecule has 0 aliphatic rings. The minimum Gasteiger partial charge on any atom is -0.478 e. The number of halogens is 1. The Morgan fingerprint density at radius 2 is 1.43 bits per heavy atom. The highest BCUT2D eigenvalue weighted by Crippen LogP contribution is 2.31. The molecule has 4 nitrogen and oxygen atoms in total. The van der Waals surface area contributed by atoms with Crippen molar-refractivity contribution < 1.29 is 14.7 Å². The maximum absolute atomic E-state index is 13.3. The van der Waals surface area contributed by atoms with Crippen molar-refractivity contribution >= 4 is 46.5 Å². The van der Waals surface area contributed by atoms with Gasteiger partial charge in [-0.05, 0) is 90.8 Å². The molecule has 4 aromatic rings. The standard InChI is InChI=1S/C29H24ClNO3S/c1-3-19-5-4-6-26(15-19)35-27-17-21(16-22(18-27)29(33)34)28(32)20-7-11-24(12-8-20)31(2)25-13-9-23(30)10-14-25/h4-18H,3H2,1-2H3,(H,33,34).